The van der Waals surface area contributed by atoms with Crippen molar-refractivity contribution in [2.24, 2.45) is 5.92 Å². The number of nitrogens with zero attached hydrogens (tertiary/aromatic N) is 3. The molecule has 7 nitrogen and oxygen atoms in total. The average molecular weight is 476 g/mol. The van der Waals surface area contributed by atoms with Gasteiger partial charge in [-0.3, -0.25) is 14.5 Å². The molecule has 3 heterocycles. The van der Waals surface area contributed by atoms with E-state index in [2.05, 4.69) is 15.6 Å². The van der Waals surface area contributed by atoms with E-state index in [-0.39, 0.29) is 23.8 Å². The highest BCUT2D eigenvalue weighted by molar-refractivity contribution is 7.16. The van der Waals surface area contributed by atoms with Crippen molar-refractivity contribution in [1.29, 1.82) is 0 Å². The standard InChI is InChI=1S/C23H30ClN5O2S/c1-14(2)29(22(31)16-9-11-25-12-10-16)23-19(28-21(32-23)15-5-3-4-6-15)20(30)27-18-8-7-17(24)13-26-18/h7-8,13-16,25H,3-6,9-12H2,1-2H3,(H,26,27,30). The number of pyridine rings is 1. The normalized spacial score (nSPS) is 17.6. The lowest BCUT2D eigenvalue weighted by atomic mass is 9.96. The van der Waals surface area contributed by atoms with Gasteiger partial charge in [-0.15, -0.1) is 0 Å². The number of rotatable bonds is 6. The molecule has 4 rings (SSSR count). The van der Waals surface area contributed by atoms with Gasteiger partial charge < -0.3 is 10.6 Å². The van der Waals surface area contributed by atoms with Crippen molar-refractivity contribution in [3.63, 3.8) is 0 Å². The molecule has 2 aromatic heterocycles. The van der Waals surface area contributed by atoms with Crippen LogP contribution in [-0.2, 0) is 4.79 Å². The molecule has 1 saturated carbocycles. The van der Waals surface area contributed by atoms with Gasteiger partial charge in [-0.05, 0) is 64.8 Å². The van der Waals surface area contributed by atoms with Crippen LogP contribution in [0, 0.1) is 5.92 Å². The Balaban J connectivity index is 1.68. The van der Waals surface area contributed by atoms with Crippen molar-refractivity contribution in [3.05, 3.63) is 34.1 Å². The van der Waals surface area contributed by atoms with Crippen molar-refractivity contribution in [2.45, 2.75) is 64.3 Å². The van der Waals surface area contributed by atoms with Crippen LogP contribution in [0.3, 0.4) is 0 Å². The molecule has 1 saturated heterocycles. The number of anilines is 2. The Morgan fingerprint density at radius 2 is 1.91 bits per heavy atom. The molecule has 0 radical (unpaired) electrons. The van der Waals surface area contributed by atoms with Crippen molar-refractivity contribution in [3.8, 4) is 0 Å². The van der Waals surface area contributed by atoms with Gasteiger partial charge in [-0.25, -0.2) is 9.97 Å². The minimum atomic E-state index is -0.348. The third kappa shape index (κ3) is 5.13. The predicted molar refractivity (Wildman–Crippen MR) is 129 cm³/mol. The summed E-state index contributed by atoms with van der Waals surface area (Å²) in [5.74, 6) is 0.462. The maximum absolute atomic E-state index is 13.6. The molecule has 0 aromatic carbocycles. The first kappa shape index (κ1) is 23.1. The molecular weight excluding hydrogens is 446 g/mol. The first-order valence-electron chi connectivity index (χ1n) is 11.4. The first-order valence-corrected chi connectivity index (χ1v) is 12.6. The molecule has 2 aliphatic rings. The van der Waals surface area contributed by atoms with E-state index in [9.17, 15) is 9.59 Å². The molecule has 1 aliphatic carbocycles. The van der Waals surface area contributed by atoms with Crippen molar-refractivity contribution >= 4 is 45.6 Å². The average Bonchev–Trinajstić information content (AvgIpc) is 3.46. The first-order chi connectivity index (χ1) is 15.4. The summed E-state index contributed by atoms with van der Waals surface area (Å²) >= 11 is 7.42. The van der Waals surface area contributed by atoms with E-state index < -0.39 is 0 Å². The second-order valence-electron chi connectivity index (χ2n) is 8.83. The molecule has 172 valence electrons. The zero-order valence-corrected chi connectivity index (χ0v) is 20.1. The van der Waals surface area contributed by atoms with Crippen LogP contribution in [0.1, 0.15) is 73.8 Å². The highest BCUT2D eigenvalue weighted by atomic mass is 35.5. The highest BCUT2D eigenvalue weighted by Gasteiger charge is 2.34. The third-order valence-corrected chi connectivity index (χ3v) is 7.62. The molecule has 2 N–H and O–H groups in total. The topological polar surface area (TPSA) is 87.2 Å². The second-order valence-corrected chi connectivity index (χ2v) is 10.3. The minimum Gasteiger partial charge on any atom is -0.317 e. The van der Waals surface area contributed by atoms with Crippen LogP contribution in [0.5, 0.6) is 0 Å². The fourth-order valence-electron chi connectivity index (χ4n) is 4.47. The van der Waals surface area contributed by atoms with Gasteiger partial charge in [-0.1, -0.05) is 35.8 Å². The molecule has 9 heteroatoms. The van der Waals surface area contributed by atoms with Gasteiger partial charge in [0.15, 0.2) is 5.69 Å². The second kappa shape index (κ2) is 10.3. The van der Waals surface area contributed by atoms with Crippen LogP contribution >= 0.6 is 22.9 Å². The van der Waals surface area contributed by atoms with Crippen LogP contribution in [0.2, 0.25) is 5.02 Å². The Morgan fingerprint density at radius 1 is 1.19 bits per heavy atom. The minimum absolute atomic E-state index is 0.0375. The Labute approximate surface area is 198 Å². The Kier molecular flexibility index (Phi) is 7.43. The van der Waals surface area contributed by atoms with E-state index >= 15 is 0 Å². The van der Waals surface area contributed by atoms with Gasteiger partial charge in [-0.2, -0.15) is 0 Å². The van der Waals surface area contributed by atoms with E-state index in [0.29, 0.717) is 27.5 Å². The van der Waals surface area contributed by atoms with Crippen LogP contribution in [0.25, 0.3) is 0 Å². The lowest BCUT2D eigenvalue weighted by Crippen LogP contribution is -2.44. The summed E-state index contributed by atoms with van der Waals surface area (Å²) < 4.78 is 0. The lowest BCUT2D eigenvalue weighted by molar-refractivity contribution is -0.123. The summed E-state index contributed by atoms with van der Waals surface area (Å²) in [6, 6.07) is 3.26. The van der Waals surface area contributed by atoms with Gasteiger partial charge in [0.2, 0.25) is 5.91 Å². The fraction of sp³-hybridized carbons (Fsp3) is 0.565. The summed E-state index contributed by atoms with van der Waals surface area (Å²) in [6.45, 7) is 5.68. The van der Waals surface area contributed by atoms with Gasteiger partial charge in [0.1, 0.15) is 10.8 Å². The molecule has 0 unspecified atom stereocenters. The number of halogens is 1. The Morgan fingerprint density at radius 3 is 2.53 bits per heavy atom. The van der Waals surface area contributed by atoms with E-state index in [1.807, 2.05) is 13.8 Å². The van der Waals surface area contributed by atoms with Crippen LogP contribution in [0.4, 0.5) is 10.8 Å². The van der Waals surface area contributed by atoms with Gasteiger partial charge >= 0.3 is 0 Å². The number of carbonyl (C=O) groups excluding carboxylic acids is 2. The van der Waals surface area contributed by atoms with Gasteiger partial charge in [0.05, 0.1) is 10.0 Å². The maximum Gasteiger partial charge on any atom is 0.278 e. The monoisotopic (exact) mass is 475 g/mol. The molecule has 0 bridgehead atoms. The van der Waals surface area contributed by atoms with E-state index in [0.717, 1.165) is 43.8 Å². The molecule has 2 fully saturated rings. The quantitative estimate of drug-likeness (QED) is 0.624. The summed E-state index contributed by atoms with van der Waals surface area (Å²) in [5.41, 5.74) is 0.310. The fourth-order valence-corrected chi connectivity index (χ4v) is 5.95. The van der Waals surface area contributed by atoms with E-state index in [4.69, 9.17) is 16.6 Å². The molecule has 32 heavy (non-hydrogen) atoms. The highest BCUT2D eigenvalue weighted by Crippen LogP contribution is 2.41. The summed E-state index contributed by atoms with van der Waals surface area (Å²) in [4.78, 5) is 37.6. The van der Waals surface area contributed by atoms with Crippen LogP contribution in [-0.4, -0.2) is 40.9 Å². The van der Waals surface area contributed by atoms with Crippen molar-refractivity contribution in [2.75, 3.05) is 23.3 Å². The summed E-state index contributed by atoms with van der Waals surface area (Å²) in [5, 5.41) is 8.25. The summed E-state index contributed by atoms with van der Waals surface area (Å²) in [7, 11) is 0. The van der Waals surface area contributed by atoms with Crippen LogP contribution < -0.4 is 15.5 Å². The largest absolute Gasteiger partial charge is 0.317 e. The van der Waals surface area contributed by atoms with E-state index in [1.54, 1.807) is 17.0 Å². The molecular formula is C23H30ClN5O2S. The lowest BCUT2D eigenvalue weighted by Gasteiger charge is -2.31. The zero-order valence-electron chi connectivity index (χ0n) is 18.6. The third-order valence-electron chi connectivity index (χ3n) is 6.18. The predicted octanol–water partition coefficient (Wildman–Crippen LogP) is 4.84. The number of nitrogens with one attached hydrogen (secondary N) is 2. The zero-order chi connectivity index (χ0) is 22.7. The smallest absolute Gasteiger partial charge is 0.278 e. The number of hydrogen-bond acceptors (Lipinski definition) is 6. The number of carbonyl (C=O) groups is 2. The number of piperidine rings is 1. The molecule has 1 aliphatic heterocycles. The molecule has 0 atom stereocenters. The Bertz CT molecular complexity index is 950. The number of hydrogen-bond donors (Lipinski definition) is 2. The Hall–Kier alpha value is -2.03. The molecule has 2 amide bonds. The van der Waals surface area contributed by atoms with Gasteiger partial charge in [0, 0.05) is 24.1 Å². The van der Waals surface area contributed by atoms with Crippen molar-refractivity contribution in [1.82, 2.24) is 15.3 Å². The van der Waals surface area contributed by atoms with E-state index in [1.165, 1.54) is 30.4 Å². The number of aromatic nitrogens is 2. The molecule has 0 spiro atoms. The number of amides is 2. The maximum atomic E-state index is 13.6. The van der Waals surface area contributed by atoms with Gasteiger partial charge in [0.25, 0.3) is 5.91 Å². The SMILES string of the molecule is CC(C)N(C(=O)C1CCNCC1)c1sc(C2CCCC2)nc1C(=O)Nc1ccc(Cl)cn1. The molecule has 2 aromatic rings. The van der Waals surface area contributed by atoms with Crippen LogP contribution in [0.15, 0.2) is 18.3 Å². The number of thiazole rings is 1. The summed E-state index contributed by atoms with van der Waals surface area (Å²) in [6.07, 6.45) is 7.63. The van der Waals surface area contributed by atoms with Crippen molar-refractivity contribution < 1.29 is 9.59 Å².